The highest BCUT2D eigenvalue weighted by Crippen LogP contribution is 2.27. The van der Waals surface area contributed by atoms with Crippen LogP contribution in [0.4, 0.5) is 20.2 Å². The summed E-state index contributed by atoms with van der Waals surface area (Å²) < 4.78 is 32.1. The van der Waals surface area contributed by atoms with Crippen molar-refractivity contribution < 1.29 is 23.1 Å². The summed E-state index contributed by atoms with van der Waals surface area (Å²) in [5.41, 5.74) is 0.699. The van der Waals surface area contributed by atoms with Gasteiger partial charge in [0.2, 0.25) is 11.8 Å². The predicted molar refractivity (Wildman–Crippen MR) is 93.1 cm³/mol. The number of benzene rings is 2. The zero-order valence-corrected chi connectivity index (χ0v) is 14.2. The Morgan fingerprint density at radius 3 is 2.46 bits per heavy atom. The monoisotopic (exact) mass is 360 g/mol. The van der Waals surface area contributed by atoms with Crippen molar-refractivity contribution in [3.05, 3.63) is 54.1 Å². The van der Waals surface area contributed by atoms with Crippen LogP contribution in [0, 0.1) is 17.6 Å². The minimum atomic E-state index is -0.768. The molecule has 5 nitrogen and oxygen atoms in total. The maximum absolute atomic E-state index is 13.4. The molecule has 1 aliphatic heterocycles. The van der Waals surface area contributed by atoms with Crippen LogP contribution in [0.2, 0.25) is 0 Å². The number of halogens is 2. The molecule has 1 saturated heterocycles. The lowest BCUT2D eigenvalue weighted by atomic mass is 10.1. The van der Waals surface area contributed by atoms with E-state index >= 15 is 0 Å². The molecule has 0 aliphatic carbocycles. The Morgan fingerprint density at radius 1 is 1.19 bits per heavy atom. The van der Waals surface area contributed by atoms with Gasteiger partial charge in [0.1, 0.15) is 17.4 Å². The standard InChI is InChI=1S/C19H18F2N2O3/c1-2-26-17-5-3-15(4-6-17)22-19(25)12-7-18(24)23(11-12)16-9-13(20)8-14(21)10-16/h3-6,8-10,12H,2,7,11H2,1H3,(H,22,25). The molecule has 136 valence electrons. The van der Waals surface area contributed by atoms with E-state index in [1.165, 1.54) is 4.90 Å². The first-order valence-corrected chi connectivity index (χ1v) is 8.26. The Labute approximate surface area is 149 Å². The fourth-order valence-corrected chi connectivity index (χ4v) is 2.87. The predicted octanol–water partition coefficient (Wildman–Crippen LogP) is 3.36. The number of hydrogen-bond donors (Lipinski definition) is 1. The molecule has 7 heteroatoms. The molecule has 0 radical (unpaired) electrons. The molecular formula is C19H18F2N2O3. The summed E-state index contributed by atoms with van der Waals surface area (Å²) in [7, 11) is 0. The molecule has 2 aromatic rings. The van der Waals surface area contributed by atoms with Crippen molar-refractivity contribution in [2.45, 2.75) is 13.3 Å². The van der Waals surface area contributed by atoms with Crippen LogP contribution in [0.3, 0.4) is 0 Å². The smallest absolute Gasteiger partial charge is 0.229 e. The molecule has 3 rings (SSSR count). The first kappa shape index (κ1) is 17.8. The second-order valence-electron chi connectivity index (χ2n) is 5.98. The summed E-state index contributed by atoms with van der Waals surface area (Å²) in [6.45, 7) is 2.50. The first-order chi connectivity index (χ1) is 12.5. The molecule has 1 atom stereocenters. The van der Waals surface area contributed by atoms with Crippen molar-refractivity contribution in [2.24, 2.45) is 5.92 Å². The molecule has 2 amide bonds. The van der Waals surface area contributed by atoms with Gasteiger partial charge in [0.25, 0.3) is 0 Å². The zero-order valence-electron chi connectivity index (χ0n) is 14.2. The van der Waals surface area contributed by atoms with Gasteiger partial charge in [-0.25, -0.2) is 8.78 Å². The third kappa shape index (κ3) is 3.99. The first-order valence-electron chi connectivity index (χ1n) is 8.26. The normalized spacial score (nSPS) is 16.7. The Hall–Kier alpha value is -2.96. The van der Waals surface area contributed by atoms with Crippen molar-refractivity contribution in [2.75, 3.05) is 23.4 Å². The maximum atomic E-state index is 13.4. The molecule has 26 heavy (non-hydrogen) atoms. The fourth-order valence-electron chi connectivity index (χ4n) is 2.87. The van der Waals surface area contributed by atoms with Crippen LogP contribution >= 0.6 is 0 Å². The van der Waals surface area contributed by atoms with Crippen LogP contribution in [-0.4, -0.2) is 25.0 Å². The Morgan fingerprint density at radius 2 is 1.85 bits per heavy atom. The fraction of sp³-hybridized carbons (Fsp3) is 0.263. The van der Waals surface area contributed by atoms with E-state index in [2.05, 4.69) is 5.32 Å². The molecule has 2 aromatic carbocycles. The number of amides is 2. The Balaban J connectivity index is 1.66. The summed E-state index contributed by atoms with van der Waals surface area (Å²) in [6, 6.07) is 9.78. The van der Waals surface area contributed by atoms with Crippen LogP contribution < -0.4 is 15.0 Å². The lowest BCUT2D eigenvalue weighted by Crippen LogP contribution is -2.28. The van der Waals surface area contributed by atoms with E-state index in [-0.39, 0.29) is 30.5 Å². The van der Waals surface area contributed by atoms with Gasteiger partial charge in [0, 0.05) is 30.4 Å². The highest BCUT2D eigenvalue weighted by Gasteiger charge is 2.35. The van der Waals surface area contributed by atoms with Crippen molar-refractivity contribution in [1.29, 1.82) is 0 Å². The SMILES string of the molecule is CCOc1ccc(NC(=O)C2CC(=O)N(c3cc(F)cc(F)c3)C2)cc1. The molecule has 0 aromatic heterocycles. The van der Waals surface area contributed by atoms with Gasteiger partial charge < -0.3 is 15.0 Å². The number of carbonyl (C=O) groups excluding carboxylic acids is 2. The quantitative estimate of drug-likeness (QED) is 0.890. The van der Waals surface area contributed by atoms with Gasteiger partial charge in [0.15, 0.2) is 0 Å². The molecule has 0 bridgehead atoms. The van der Waals surface area contributed by atoms with E-state index in [0.717, 1.165) is 18.2 Å². The van der Waals surface area contributed by atoms with Crippen molar-refractivity contribution in [1.82, 2.24) is 0 Å². The second-order valence-corrected chi connectivity index (χ2v) is 5.98. The Kier molecular flexibility index (Phi) is 5.16. The summed E-state index contributed by atoms with van der Waals surface area (Å²) in [4.78, 5) is 25.8. The molecule has 1 aliphatic rings. The number of nitrogens with zero attached hydrogens (tertiary/aromatic N) is 1. The third-order valence-corrected chi connectivity index (χ3v) is 4.09. The minimum absolute atomic E-state index is 0.0129. The van der Waals surface area contributed by atoms with Crippen LogP contribution in [0.1, 0.15) is 13.3 Å². The molecule has 0 spiro atoms. The van der Waals surface area contributed by atoms with Crippen LogP contribution in [-0.2, 0) is 9.59 Å². The Bertz CT molecular complexity index is 804. The second kappa shape index (κ2) is 7.51. The summed E-state index contributed by atoms with van der Waals surface area (Å²) in [6.07, 6.45) is -0.0129. The van der Waals surface area contributed by atoms with Crippen LogP contribution in [0.5, 0.6) is 5.75 Å². The number of carbonyl (C=O) groups is 2. The number of nitrogens with one attached hydrogen (secondary N) is 1. The van der Waals surface area contributed by atoms with Crippen molar-refractivity contribution in [3.8, 4) is 5.75 Å². The zero-order chi connectivity index (χ0) is 18.7. The summed E-state index contributed by atoms with van der Waals surface area (Å²) in [5.74, 6) is -2.10. The van der Waals surface area contributed by atoms with Crippen molar-refractivity contribution in [3.63, 3.8) is 0 Å². The van der Waals surface area contributed by atoms with E-state index in [1.807, 2.05) is 6.92 Å². The average molecular weight is 360 g/mol. The van der Waals surface area contributed by atoms with Gasteiger partial charge >= 0.3 is 0 Å². The largest absolute Gasteiger partial charge is 0.494 e. The lowest BCUT2D eigenvalue weighted by molar-refractivity contribution is -0.122. The topological polar surface area (TPSA) is 58.6 Å². The van der Waals surface area contributed by atoms with E-state index < -0.39 is 17.6 Å². The number of anilines is 2. The van der Waals surface area contributed by atoms with Gasteiger partial charge in [-0.05, 0) is 43.3 Å². The molecule has 1 N–H and O–H groups in total. The van der Waals surface area contributed by atoms with Crippen LogP contribution in [0.15, 0.2) is 42.5 Å². The van der Waals surface area contributed by atoms with E-state index in [1.54, 1.807) is 24.3 Å². The summed E-state index contributed by atoms with van der Waals surface area (Å²) in [5, 5.41) is 2.75. The molecule has 0 saturated carbocycles. The molecule has 1 heterocycles. The number of ether oxygens (including phenoxy) is 1. The van der Waals surface area contributed by atoms with Gasteiger partial charge in [-0.3, -0.25) is 9.59 Å². The van der Waals surface area contributed by atoms with Crippen molar-refractivity contribution >= 4 is 23.2 Å². The lowest BCUT2D eigenvalue weighted by Gasteiger charge is -2.17. The van der Waals surface area contributed by atoms with E-state index in [9.17, 15) is 18.4 Å². The number of hydrogen-bond acceptors (Lipinski definition) is 3. The minimum Gasteiger partial charge on any atom is -0.494 e. The average Bonchev–Trinajstić information content (AvgIpc) is 2.98. The van der Waals surface area contributed by atoms with E-state index in [4.69, 9.17) is 4.74 Å². The third-order valence-electron chi connectivity index (χ3n) is 4.09. The highest BCUT2D eigenvalue weighted by molar-refractivity contribution is 6.03. The van der Waals surface area contributed by atoms with Gasteiger partial charge in [-0.2, -0.15) is 0 Å². The van der Waals surface area contributed by atoms with E-state index in [0.29, 0.717) is 18.0 Å². The molecular weight excluding hydrogens is 342 g/mol. The maximum Gasteiger partial charge on any atom is 0.229 e. The molecule has 1 unspecified atom stereocenters. The van der Waals surface area contributed by atoms with Gasteiger partial charge in [0.05, 0.1) is 12.5 Å². The van der Waals surface area contributed by atoms with Gasteiger partial charge in [-0.1, -0.05) is 0 Å². The highest BCUT2D eigenvalue weighted by atomic mass is 19.1. The van der Waals surface area contributed by atoms with Crippen LogP contribution in [0.25, 0.3) is 0 Å². The summed E-state index contributed by atoms with van der Waals surface area (Å²) >= 11 is 0. The van der Waals surface area contributed by atoms with Gasteiger partial charge in [-0.15, -0.1) is 0 Å². The molecule has 1 fully saturated rings. The number of rotatable bonds is 5.